The summed E-state index contributed by atoms with van der Waals surface area (Å²) in [5, 5.41) is -7.92. The Labute approximate surface area is 256 Å². The highest BCUT2D eigenvalue weighted by Gasteiger charge is 2.94. The van der Waals surface area contributed by atoms with E-state index in [-0.39, 0.29) is 0 Å². The minimum Gasteiger partial charge on any atom is -0.743 e. The second-order valence-corrected chi connectivity index (χ2v) is 11.1. The van der Waals surface area contributed by atoms with Crippen molar-refractivity contribution < 1.29 is 96.5 Å². The fourth-order valence-corrected chi connectivity index (χ4v) is 3.99. The molecule has 1 atom stereocenters. The maximum atomic E-state index is 13.4. The van der Waals surface area contributed by atoms with Crippen LogP contribution in [0.1, 0.15) is 19.3 Å². The molecule has 0 N–H and O–H groups in total. The molecule has 4 nitrogen and oxygen atoms in total. The average Bonchev–Trinajstić information content (AvgIpc) is 2.87. The van der Waals surface area contributed by atoms with Crippen molar-refractivity contribution in [3.05, 3.63) is 50.6 Å². The van der Waals surface area contributed by atoms with Crippen LogP contribution in [0.2, 0.25) is 0 Å². The van der Waals surface area contributed by atoms with Gasteiger partial charge in [0, 0.05) is 6.42 Å². The smallest absolute Gasteiger partial charge is 0.402 e. The van der Waals surface area contributed by atoms with Crippen LogP contribution in [0.5, 0.6) is 0 Å². The highest BCUT2D eigenvalue weighted by atomic mass is 32.2. The second-order valence-electron chi connectivity index (χ2n) is 9.67. The van der Waals surface area contributed by atoms with Crippen LogP contribution in [-0.4, -0.2) is 96.8 Å². The Morgan fingerprint density at radius 1 is 0.574 bits per heavy atom. The van der Waals surface area contributed by atoms with Gasteiger partial charge in [0.2, 0.25) is 0 Å². The molecular formula is C24H27F18NO3S. The van der Waals surface area contributed by atoms with E-state index < -0.39 is 82.5 Å². The summed E-state index contributed by atoms with van der Waals surface area (Å²) in [5.74, 6) is -50.1. The van der Waals surface area contributed by atoms with Crippen molar-refractivity contribution in [1.29, 1.82) is 0 Å². The lowest BCUT2D eigenvalue weighted by Gasteiger charge is -2.43. The minimum atomic E-state index is -8.77. The van der Waals surface area contributed by atoms with Gasteiger partial charge < -0.3 is 9.04 Å². The van der Waals surface area contributed by atoms with Gasteiger partial charge in [0.25, 0.3) is 0 Å². The summed E-state index contributed by atoms with van der Waals surface area (Å²) < 4.78 is 266. The first-order valence-corrected chi connectivity index (χ1v) is 13.6. The molecule has 23 heteroatoms. The summed E-state index contributed by atoms with van der Waals surface area (Å²) in [6.07, 6.45) is -9.02. The van der Waals surface area contributed by atoms with E-state index in [1.165, 1.54) is 0 Å². The standard InChI is InChI=1S/C12H8F18O3S.C12H20N/c13-4(2-1-3-5(14,15)16)6(17,18)7(19,20)8(21,22)9(23,24)10(25,26)11(27,28)12(29,30)34(31,32)33;1-5-9-13(10-6-2,11-7-3)12-8-4/h4H,1-3H2,(H,31,32,33);5-8H,1-4,9-12H2/q;+1/p-1. The summed E-state index contributed by atoms with van der Waals surface area (Å²) in [6, 6.07) is 0. The molecule has 0 bridgehead atoms. The highest BCUT2D eigenvalue weighted by molar-refractivity contribution is 7.86. The zero-order valence-corrected chi connectivity index (χ0v) is 24.4. The first kappa shape index (κ1) is 46.7. The Morgan fingerprint density at radius 2 is 0.872 bits per heavy atom. The van der Waals surface area contributed by atoms with Gasteiger partial charge in [0.1, 0.15) is 0 Å². The molecule has 0 aliphatic heterocycles. The van der Waals surface area contributed by atoms with E-state index in [4.69, 9.17) is 0 Å². The lowest BCUT2D eigenvalue weighted by Crippen LogP contribution is -2.74. The maximum Gasteiger partial charge on any atom is 0.402 e. The largest absolute Gasteiger partial charge is 0.743 e. The predicted octanol–water partition coefficient (Wildman–Crippen LogP) is 8.55. The quantitative estimate of drug-likeness (QED) is 0.0576. The van der Waals surface area contributed by atoms with Gasteiger partial charge >= 0.3 is 47.0 Å². The molecular weight excluding hydrogens is 724 g/mol. The summed E-state index contributed by atoms with van der Waals surface area (Å²) in [6.45, 7) is 18.8. The van der Waals surface area contributed by atoms with Crippen LogP contribution in [0.3, 0.4) is 0 Å². The van der Waals surface area contributed by atoms with E-state index in [1.807, 2.05) is 24.3 Å². The van der Waals surface area contributed by atoms with Gasteiger partial charge in [-0.15, -0.1) is 0 Å². The van der Waals surface area contributed by atoms with E-state index in [0.29, 0.717) is 0 Å². The third-order valence-electron chi connectivity index (χ3n) is 6.05. The van der Waals surface area contributed by atoms with E-state index in [1.54, 1.807) is 0 Å². The highest BCUT2D eigenvalue weighted by Crippen LogP contribution is 2.63. The van der Waals surface area contributed by atoms with E-state index in [2.05, 4.69) is 26.3 Å². The Balaban J connectivity index is 0. The van der Waals surface area contributed by atoms with Gasteiger partial charge in [-0.05, 0) is 37.1 Å². The summed E-state index contributed by atoms with van der Waals surface area (Å²) in [7, 11) is -8.13. The molecule has 0 rings (SSSR count). The number of quaternary nitrogens is 1. The molecule has 0 aromatic rings. The van der Waals surface area contributed by atoms with E-state index >= 15 is 0 Å². The van der Waals surface area contributed by atoms with Crippen molar-refractivity contribution in [2.24, 2.45) is 0 Å². The molecule has 0 heterocycles. The molecule has 0 amide bonds. The van der Waals surface area contributed by atoms with Crippen LogP contribution in [0.4, 0.5) is 79.0 Å². The van der Waals surface area contributed by atoms with E-state index in [0.717, 1.165) is 30.7 Å². The van der Waals surface area contributed by atoms with Gasteiger partial charge in [-0.25, -0.2) is 12.8 Å². The van der Waals surface area contributed by atoms with Crippen LogP contribution in [0.15, 0.2) is 50.6 Å². The van der Waals surface area contributed by atoms with Gasteiger partial charge in [-0.1, -0.05) is 26.3 Å². The molecule has 0 spiro atoms. The summed E-state index contributed by atoms with van der Waals surface area (Å²) in [4.78, 5) is 0. The van der Waals surface area contributed by atoms with Crippen LogP contribution in [0.25, 0.3) is 0 Å². The molecule has 47 heavy (non-hydrogen) atoms. The van der Waals surface area contributed by atoms with Crippen molar-refractivity contribution in [2.45, 2.75) is 72.4 Å². The van der Waals surface area contributed by atoms with Gasteiger partial charge in [-0.2, -0.15) is 74.6 Å². The maximum absolute atomic E-state index is 13.4. The van der Waals surface area contributed by atoms with E-state index in [9.17, 15) is 92.0 Å². The monoisotopic (exact) mass is 751 g/mol. The van der Waals surface area contributed by atoms with Crippen LogP contribution >= 0.6 is 0 Å². The number of rotatable bonds is 19. The van der Waals surface area contributed by atoms with Crippen LogP contribution < -0.4 is 0 Å². The number of hydrogen-bond acceptors (Lipinski definition) is 3. The van der Waals surface area contributed by atoms with Crippen molar-refractivity contribution in [3.8, 4) is 0 Å². The zero-order valence-electron chi connectivity index (χ0n) is 23.5. The SMILES string of the molecule is C=CC[N+](CC=C)(CC=C)CC=C.O=S(=O)([O-])C(F)(F)C(F)(F)C(F)(F)C(F)(F)C(F)(F)C(F)(F)C(F)(F)C(F)CCCC(F)(F)F. The van der Waals surface area contributed by atoms with Crippen LogP contribution in [-0.2, 0) is 10.1 Å². The number of nitrogens with zero attached hydrogens (tertiary/aromatic N) is 1. The van der Waals surface area contributed by atoms with Crippen molar-refractivity contribution in [3.63, 3.8) is 0 Å². The van der Waals surface area contributed by atoms with Crippen molar-refractivity contribution in [1.82, 2.24) is 0 Å². The fraction of sp³-hybridized carbons (Fsp3) is 0.667. The third-order valence-corrected chi connectivity index (χ3v) is 6.94. The normalized spacial score (nSPS) is 15.3. The Kier molecular flexibility index (Phi) is 15.3. The summed E-state index contributed by atoms with van der Waals surface area (Å²) in [5.41, 5.74) is 0. The molecule has 0 aliphatic rings. The lowest BCUT2D eigenvalue weighted by atomic mass is 9.89. The van der Waals surface area contributed by atoms with Crippen LogP contribution in [0, 0.1) is 0 Å². The molecule has 0 saturated heterocycles. The number of alkyl halides is 18. The Morgan fingerprint density at radius 3 is 1.15 bits per heavy atom. The molecule has 1 unspecified atom stereocenters. The first-order valence-electron chi connectivity index (χ1n) is 12.2. The molecule has 0 fully saturated rings. The number of hydrogen-bond donors (Lipinski definition) is 0. The average molecular weight is 752 g/mol. The molecule has 0 saturated carbocycles. The molecule has 0 aromatic heterocycles. The fourth-order valence-electron chi connectivity index (χ4n) is 3.54. The molecule has 0 aliphatic carbocycles. The number of halogens is 18. The van der Waals surface area contributed by atoms with Crippen molar-refractivity contribution >= 4 is 10.1 Å². The Hall–Kier alpha value is -2.43. The van der Waals surface area contributed by atoms with Gasteiger partial charge in [-0.3, -0.25) is 0 Å². The zero-order chi connectivity index (χ0) is 38.4. The van der Waals surface area contributed by atoms with Gasteiger partial charge in [0.15, 0.2) is 16.3 Å². The van der Waals surface area contributed by atoms with Gasteiger partial charge in [0.05, 0.1) is 26.2 Å². The minimum absolute atomic E-state index is 0.903. The molecule has 0 aromatic carbocycles. The molecule has 0 radical (unpaired) electrons. The predicted molar refractivity (Wildman–Crippen MR) is 130 cm³/mol. The van der Waals surface area contributed by atoms with Crippen molar-refractivity contribution in [2.75, 3.05) is 26.2 Å². The lowest BCUT2D eigenvalue weighted by molar-refractivity contribution is -0.906. The first-order chi connectivity index (χ1) is 20.6. The summed E-state index contributed by atoms with van der Waals surface area (Å²) >= 11 is 0. The second kappa shape index (κ2) is 15.4. The molecule has 278 valence electrons. The third kappa shape index (κ3) is 9.38. The Bertz CT molecular complexity index is 1140. The topological polar surface area (TPSA) is 57.2 Å².